The summed E-state index contributed by atoms with van der Waals surface area (Å²) in [5.41, 5.74) is 8.08. The average molecular weight is 188 g/mol. The van der Waals surface area contributed by atoms with Crippen LogP contribution < -0.4 is 5.73 Å². The third-order valence-corrected chi connectivity index (χ3v) is 2.76. The summed E-state index contributed by atoms with van der Waals surface area (Å²) < 4.78 is 0. The Hall–Kier alpha value is -1.53. The molecule has 1 aliphatic rings. The molecule has 0 saturated carbocycles. The first-order valence-electron chi connectivity index (χ1n) is 4.74. The quantitative estimate of drug-likeness (QED) is 0.649. The van der Waals surface area contributed by atoms with Crippen molar-refractivity contribution in [3.63, 3.8) is 0 Å². The van der Waals surface area contributed by atoms with Gasteiger partial charge in [-0.05, 0) is 30.9 Å². The molecule has 3 heteroatoms. The number of benzene rings is 1. The fraction of sp³-hybridized carbons (Fsp3) is 0.364. The number of hydrogen-bond acceptors (Lipinski definition) is 3. The Kier molecular flexibility index (Phi) is 2.14. The van der Waals surface area contributed by atoms with E-state index >= 15 is 0 Å². The summed E-state index contributed by atoms with van der Waals surface area (Å²) in [6, 6.07) is 5.40. The van der Waals surface area contributed by atoms with Crippen molar-refractivity contribution in [3.8, 4) is 11.8 Å². The molecule has 1 unspecified atom stereocenters. The fourth-order valence-electron chi connectivity index (χ4n) is 2.03. The number of nitriles is 1. The van der Waals surface area contributed by atoms with Crippen LogP contribution in [-0.4, -0.2) is 5.11 Å². The lowest BCUT2D eigenvalue weighted by Crippen LogP contribution is -2.17. The van der Waals surface area contributed by atoms with Crippen molar-refractivity contribution in [2.24, 2.45) is 5.73 Å². The Labute approximate surface area is 82.8 Å². The maximum Gasteiger partial charge on any atom is 0.138 e. The summed E-state index contributed by atoms with van der Waals surface area (Å²) in [6.07, 6.45) is 2.89. The van der Waals surface area contributed by atoms with Gasteiger partial charge >= 0.3 is 0 Å². The van der Waals surface area contributed by atoms with E-state index in [1.807, 2.05) is 12.1 Å². The molecule has 0 radical (unpaired) electrons. The number of nitrogens with two attached hydrogens (primary N) is 1. The lowest BCUT2D eigenvalue weighted by Gasteiger charge is -2.23. The third-order valence-electron chi connectivity index (χ3n) is 2.76. The highest BCUT2D eigenvalue weighted by Gasteiger charge is 2.21. The van der Waals surface area contributed by atoms with E-state index in [2.05, 4.69) is 0 Å². The number of aryl methyl sites for hydroxylation is 1. The van der Waals surface area contributed by atoms with Crippen LogP contribution in [0.25, 0.3) is 0 Å². The number of rotatable bonds is 0. The van der Waals surface area contributed by atoms with Crippen molar-refractivity contribution in [3.05, 3.63) is 28.8 Å². The van der Waals surface area contributed by atoms with Gasteiger partial charge in [-0.15, -0.1) is 0 Å². The zero-order valence-electron chi connectivity index (χ0n) is 7.83. The van der Waals surface area contributed by atoms with Crippen LogP contribution in [0.5, 0.6) is 5.75 Å². The average Bonchev–Trinajstić information content (AvgIpc) is 2.18. The molecule has 0 aliphatic heterocycles. The van der Waals surface area contributed by atoms with Gasteiger partial charge in [0.25, 0.3) is 0 Å². The first-order chi connectivity index (χ1) is 6.74. The van der Waals surface area contributed by atoms with Crippen molar-refractivity contribution in [2.45, 2.75) is 25.3 Å². The number of nitrogens with zero attached hydrogens (tertiary/aromatic N) is 1. The Morgan fingerprint density at radius 1 is 1.50 bits per heavy atom. The lowest BCUT2D eigenvalue weighted by molar-refractivity contribution is 0.446. The second-order valence-electron chi connectivity index (χ2n) is 3.65. The highest BCUT2D eigenvalue weighted by molar-refractivity contribution is 5.53. The molecule has 0 heterocycles. The van der Waals surface area contributed by atoms with Gasteiger partial charge < -0.3 is 10.8 Å². The Morgan fingerprint density at radius 2 is 2.29 bits per heavy atom. The molecular formula is C11H12N2O. The number of fused-ring (bicyclic) bond motifs is 1. The molecule has 14 heavy (non-hydrogen) atoms. The molecule has 0 amide bonds. The minimum Gasteiger partial charge on any atom is -0.506 e. The molecule has 1 atom stereocenters. The number of aromatic hydroxyl groups is 1. The SMILES string of the molecule is N#Cc1ccc2c(c1O)C(N)CCC2. The van der Waals surface area contributed by atoms with Crippen LogP contribution in [0, 0.1) is 11.3 Å². The van der Waals surface area contributed by atoms with Crippen LogP contribution >= 0.6 is 0 Å². The first-order valence-corrected chi connectivity index (χ1v) is 4.74. The van der Waals surface area contributed by atoms with Crippen LogP contribution in [0.15, 0.2) is 12.1 Å². The molecule has 2 rings (SSSR count). The standard InChI is InChI=1S/C11H12N2O/c12-6-8-5-4-7-2-1-3-9(13)10(7)11(8)14/h4-5,9,14H,1-3,13H2. The van der Waals surface area contributed by atoms with E-state index in [0.717, 1.165) is 30.4 Å². The van der Waals surface area contributed by atoms with Gasteiger partial charge in [0.15, 0.2) is 0 Å². The van der Waals surface area contributed by atoms with Gasteiger partial charge in [0.1, 0.15) is 11.8 Å². The van der Waals surface area contributed by atoms with Gasteiger partial charge in [0.2, 0.25) is 0 Å². The largest absolute Gasteiger partial charge is 0.506 e. The summed E-state index contributed by atoms with van der Waals surface area (Å²) in [6.45, 7) is 0. The highest BCUT2D eigenvalue weighted by atomic mass is 16.3. The van der Waals surface area contributed by atoms with Crippen LogP contribution in [0.2, 0.25) is 0 Å². The second kappa shape index (κ2) is 3.32. The molecule has 1 aromatic rings. The predicted octanol–water partition coefficient (Wildman–Crippen LogP) is 1.60. The third kappa shape index (κ3) is 1.24. The molecule has 72 valence electrons. The van der Waals surface area contributed by atoms with Gasteiger partial charge in [-0.1, -0.05) is 6.07 Å². The molecule has 0 fully saturated rings. The van der Waals surface area contributed by atoms with E-state index in [0.29, 0.717) is 5.56 Å². The zero-order valence-corrected chi connectivity index (χ0v) is 7.83. The van der Waals surface area contributed by atoms with Crippen molar-refractivity contribution < 1.29 is 5.11 Å². The molecular weight excluding hydrogens is 176 g/mol. The molecule has 0 aromatic heterocycles. The normalized spacial score (nSPS) is 19.9. The lowest BCUT2D eigenvalue weighted by atomic mass is 9.86. The zero-order chi connectivity index (χ0) is 10.1. The topological polar surface area (TPSA) is 70.0 Å². The summed E-state index contributed by atoms with van der Waals surface area (Å²) in [5, 5.41) is 18.6. The van der Waals surface area contributed by atoms with Crippen molar-refractivity contribution >= 4 is 0 Å². The minimum atomic E-state index is -0.118. The van der Waals surface area contributed by atoms with E-state index in [9.17, 15) is 5.11 Å². The van der Waals surface area contributed by atoms with E-state index < -0.39 is 0 Å². The Bertz CT molecular complexity index is 406. The molecule has 0 spiro atoms. The minimum absolute atomic E-state index is 0.0807. The van der Waals surface area contributed by atoms with Gasteiger partial charge in [-0.25, -0.2) is 0 Å². The molecule has 0 bridgehead atoms. The van der Waals surface area contributed by atoms with Gasteiger partial charge in [-0.3, -0.25) is 0 Å². The van der Waals surface area contributed by atoms with E-state index in [4.69, 9.17) is 11.0 Å². The van der Waals surface area contributed by atoms with Crippen LogP contribution in [-0.2, 0) is 6.42 Å². The van der Waals surface area contributed by atoms with Crippen LogP contribution in [0.1, 0.15) is 35.6 Å². The van der Waals surface area contributed by atoms with Crippen molar-refractivity contribution in [1.29, 1.82) is 5.26 Å². The number of hydrogen-bond donors (Lipinski definition) is 2. The van der Waals surface area contributed by atoms with E-state index in [1.165, 1.54) is 0 Å². The fourth-order valence-corrected chi connectivity index (χ4v) is 2.03. The predicted molar refractivity (Wildman–Crippen MR) is 52.7 cm³/mol. The van der Waals surface area contributed by atoms with Crippen molar-refractivity contribution in [1.82, 2.24) is 0 Å². The van der Waals surface area contributed by atoms with E-state index in [1.54, 1.807) is 6.07 Å². The van der Waals surface area contributed by atoms with Gasteiger partial charge in [-0.2, -0.15) is 5.26 Å². The van der Waals surface area contributed by atoms with Crippen LogP contribution in [0.3, 0.4) is 0 Å². The molecule has 1 aromatic carbocycles. The molecule has 3 N–H and O–H groups in total. The Morgan fingerprint density at radius 3 is 3.00 bits per heavy atom. The number of phenolic OH excluding ortho intramolecular Hbond substituents is 1. The highest BCUT2D eigenvalue weighted by Crippen LogP contribution is 2.36. The van der Waals surface area contributed by atoms with Gasteiger partial charge in [0, 0.05) is 11.6 Å². The number of phenols is 1. The summed E-state index contributed by atoms with van der Waals surface area (Å²) in [4.78, 5) is 0. The van der Waals surface area contributed by atoms with Gasteiger partial charge in [0.05, 0.1) is 5.56 Å². The second-order valence-corrected chi connectivity index (χ2v) is 3.65. The van der Waals surface area contributed by atoms with Crippen LogP contribution in [0.4, 0.5) is 0 Å². The first kappa shape index (κ1) is 9.04. The summed E-state index contributed by atoms with van der Waals surface area (Å²) in [7, 11) is 0. The maximum absolute atomic E-state index is 9.80. The molecule has 3 nitrogen and oxygen atoms in total. The monoisotopic (exact) mass is 188 g/mol. The smallest absolute Gasteiger partial charge is 0.138 e. The van der Waals surface area contributed by atoms with E-state index in [-0.39, 0.29) is 11.8 Å². The van der Waals surface area contributed by atoms with Crippen molar-refractivity contribution in [2.75, 3.05) is 0 Å². The summed E-state index contributed by atoms with van der Waals surface area (Å²) in [5.74, 6) is 0.0807. The molecule has 0 saturated heterocycles. The maximum atomic E-state index is 9.80. The Balaban J connectivity index is 2.61. The molecule has 1 aliphatic carbocycles. The summed E-state index contributed by atoms with van der Waals surface area (Å²) >= 11 is 0.